The second kappa shape index (κ2) is 5.34. The minimum atomic E-state index is 0.520. The number of hydrogen-bond donors (Lipinski definition) is 1. The van der Waals surface area contributed by atoms with Gasteiger partial charge in [-0.2, -0.15) is 10.4 Å². The van der Waals surface area contributed by atoms with Crippen molar-refractivity contribution in [3.63, 3.8) is 0 Å². The molecule has 0 unspecified atom stereocenters. The maximum Gasteiger partial charge on any atom is 0.165 e. The van der Waals surface area contributed by atoms with Crippen LogP contribution in [-0.4, -0.2) is 16.8 Å². The minimum absolute atomic E-state index is 0.520. The Labute approximate surface area is 106 Å². The van der Waals surface area contributed by atoms with Crippen LogP contribution in [0, 0.1) is 11.3 Å². The standard InChI is InChI=1S/C13H14N4O/c1-15-7-10-3-4-13(11(5-10)6-14)18-12-8-16-17(2)9-12/h3-5,8-9,15H,7H2,1-2H3. The lowest BCUT2D eigenvalue weighted by Crippen LogP contribution is -2.05. The molecule has 5 heteroatoms. The predicted octanol–water partition coefficient (Wildman–Crippen LogP) is 1.80. The van der Waals surface area contributed by atoms with E-state index in [2.05, 4.69) is 16.5 Å². The molecule has 5 nitrogen and oxygen atoms in total. The van der Waals surface area contributed by atoms with E-state index >= 15 is 0 Å². The second-order valence-corrected chi connectivity index (χ2v) is 3.92. The molecule has 1 aromatic carbocycles. The molecule has 18 heavy (non-hydrogen) atoms. The fourth-order valence-electron chi connectivity index (χ4n) is 1.65. The quantitative estimate of drug-likeness (QED) is 0.888. The molecule has 0 bridgehead atoms. The van der Waals surface area contributed by atoms with Crippen LogP contribution >= 0.6 is 0 Å². The number of benzene rings is 1. The molecule has 0 atom stereocenters. The van der Waals surface area contributed by atoms with Gasteiger partial charge in [0.25, 0.3) is 0 Å². The van der Waals surface area contributed by atoms with E-state index in [1.807, 2.05) is 26.2 Å². The zero-order chi connectivity index (χ0) is 13.0. The van der Waals surface area contributed by atoms with Crippen LogP contribution in [0.2, 0.25) is 0 Å². The van der Waals surface area contributed by atoms with Crippen LogP contribution < -0.4 is 10.1 Å². The number of nitrogens with one attached hydrogen (secondary N) is 1. The lowest BCUT2D eigenvalue weighted by molar-refractivity contribution is 0.480. The zero-order valence-corrected chi connectivity index (χ0v) is 10.3. The molecular formula is C13H14N4O. The molecule has 1 aromatic heterocycles. The fourth-order valence-corrected chi connectivity index (χ4v) is 1.65. The first-order chi connectivity index (χ1) is 8.72. The summed E-state index contributed by atoms with van der Waals surface area (Å²) < 4.78 is 7.28. The van der Waals surface area contributed by atoms with Gasteiger partial charge in [-0.05, 0) is 24.7 Å². The van der Waals surface area contributed by atoms with Crippen molar-refractivity contribution < 1.29 is 4.74 Å². The van der Waals surface area contributed by atoms with Crippen LogP contribution in [0.15, 0.2) is 30.6 Å². The van der Waals surface area contributed by atoms with E-state index in [1.165, 1.54) is 0 Å². The summed E-state index contributed by atoms with van der Waals surface area (Å²) in [6.07, 6.45) is 3.37. The smallest absolute Gasteiger partial charge is 0.165 e. The summed E-state index contributed by atoms with van der Waals surface area (Å²) in [7, 11) is 3.68. The Kier molecular flexibility index (Phi) is 3.60. The normalized spacial score (nSPS) is 10.1. The van der Waals surface area contributed by atoms with Crippen LogP contribution in [0.5, 0.6) is 11.5 Å². The monoisotopic (exact) mass is 242 g/mol. The van der Waals surface area contributed by atoms with Gasteiger partial charge in [0.15, 0.2) is 5.75 Å². The van der Waals surface area contributed by atoms with E-state index in [0.717, 1.165) is 12.1 Å². The number of nitriles is 1. The van der Waals surface area contributed by atoms with Crippen LogP contribution in [0.3, 0.4) is 0 Å². The molecule has 0 fully saturated rings. The SMILES string of the molecule is CNCc1ccc(Oc2cnn(C)c2)c(C#N)c1. The molecule has 1 N–H and O–H groups in total. The Bertz CT molecular complexity index is 583. The maximum atomic E-state index is 9.12. The van der Waals surface area contributed by atoms with Gasteiger partial charge in [0.05, 0.1) is 18.0 Å². The lowest BCUT2D eigenvalue weighted by atomic mass is 10.1. The second-order valence-electron chi connectivity index (χ2n) is 3.92. The van der Waals surface area contributed by atoms with Gasteiger partial charge in [0, 0.05) is 13.6 Å². The first-order valence-electron chi connectivity index (χ1n) is 5.57. The van der Waals surface area contributed by atoms with E-state index in [4.69, 9.17) is 10.00 Å². The summed E-state index contributed by atoms with van der Waals surface area (Å²) in [6, 6.07) is 7.70. The molecule has 0 aliphatic heterocycles. The average molecular weight is 242 g/mol. The summed E-state index contributed by atoms with van der Waals surface area (Å²) >= 11 is 0. The van der Waals surface area contributed by atoms with Crippen molar-refractivity contribution in [2.45, 2.75) is 6.54 Å². The molecule has 2 aromatic rings. The fraction of sp³-hybridized carbons (Fsp3) is 0.231. The Morgan fingerprint density at radius 1 is 1.50 bits per heavy atom. The van der Waals surface area contributed by atoms with E-state index in [0.29, 0.717) is 17.1 Å². The van der Waals surface area contributed by atoms with Gasteiger partial charge in [-0.15, -0.1) is 0 Å². The summed E-state index contributed by atoms with van der Waals surface area (Å²) in [4.78, 5) is 0. The van der Waals surface area contributed by atoms with Gasteiger partial charge in [0.2, 0.25) is 0 Å². The topological polar surface area (TPSA) is 62.9 Å². The van der Waals surface area contributed by atoms with Crippen LogP contribution in [0.1, 0.15) is 11.1 Å². The van der Waals surface area contributed by atoms with Gasteiger partial charge >= 0.3 is 0 Å². The third-order valence-electron chi connectivity index (χ3n) is 2.45. The predicted molar refractivity (Wildman–Crippen MR) is 67.2 cm³/mol. The molecule has 0 saturated heterocycles. The van der Waals surface area contributed by atoms with Crippen molar-refractivity contribution in [1.82, 2.24) is 15.1 Å². The Morgan fingerprint density at radius 3 is 2.94 bits per heavy atom. The third kappa shape index (κ3) is 2.67. The molecule has 0 aliphatic rings. The van der Waals surface area contributed by atoms with Crippen LogP contribution in [-0.2, 0) is 13.6 Å². The molecule has 0 spiro atoms. The Morgan fingerprint density at radius 2 is 2.33 bits per heavy atom. The van der Waals surface area contributed by atoms with Crippen molar-refractivity contribution in [2.75, 3.05) is 7.05 Å². The Hall–Kier alpha value is -2.32. The van der Waals surface area contributed by atoms with E-state index in [1.54, 1.807) is 23.1 Å². The highest BCUT2D eigenvalue weighted by molar-refractivity contribution is 5.47. The lowest BCUT2D eigenvalue weighted by Gasteiger charge is -2.07. The van der Waals surface area contributed by atoms with E-state index < -0.39 is 0 Å². The van der Waals surface area contributed by atoms with Crippen LogP contribution in [0.4, 0.5) is 0 Å². The number of rotatable bonds is 4. The molecule has 0 amide bonds. The highest BCUT2D eigenvalue weighted by atomic mass is 16.5. The van der Waals surface area contributed by atoms with E-state index in [9.17, 15) is 0 Å². The van der Waals surface area contributed by atoms with Gasteiger partial charge in [-0.25, -0.2) is 0 Å². The molecule has 2 rings (SSSR count). The number of aryl methyl sites for hydroxylation is 1. The number of nitrogens with zero attached hydrogens (tertiary/aromatic N) is 3. The highest BCUT2D eigenvalue weighted by Gasteiger charge is 2.07. The van der Waals surface area contributed by atoms with Crippen molar-refractivity contribution in [3.05, 3.63) is 41.7 Å². The van der Waals surface area contributed by atoms with Gasteiger partial charge in [-0.1, -0.05) is 6.07 Å². The summed E-state index contributed by atoms with van der Waals surface area (Å²) in [5, 5.41) is 16.2. The number of hydrogen-bond acceptors (Lipinski definition) is 4. The van der Waals surface area contributed by atoms with E-state index in [-0.39, 0.29) is 0 Å². The van der Waals surface area contributed by atoms with Crippen molar-refractivity contribution in [3.8, 4) is 17.6 Å². The van der Waals surface area contributed by atoms with Crippen LogP contribution in [0.25, 0.3) is 0 Å². The first kappa shape index (κ1) is 12.1. The van der Waals surface area contributed by atoms with Gasteiger partial charge in [-0.3, -0.25) is 4.68 Å². The molecule has 0 saturated carbocycles. The van der Waals surface area contributed by atoms with Crippen molar-refractivity contribution in [2.24, 2.45) is 7.05 Å². The Balaban J connectivity index is 2.25. The first-order valence-corrected chi connectivity index (χ1v) is 5.57. The van der Waals surface area contributed by atoms with Crippen molar-refractivity contribution >= 4 is 0 Å². The molecule has 1 heterocycles. The maximum absolute atomic E-state index is 9.12. The average Bonchev–Trinajstić information content (AvgIpc) is 2.77. The summed E-state index contributed by atoms with van der Waals surface area (Å²) in [5.74, 6) is 1.17. The molecular weight excluding hydrogens is 228 g/mol. The number of aromatic nitrogens is 2. The minimum Gasteiger partial charge on any atom is -0.453 e. The highest BCUT2D eigenvalue weighted by Crippen LogP contribution is 2.25. The molecule has 0 aliphatic carbocycles. The van der Waals surface area contributed by atoms with Gasteiger partial charge < -0.3 is 10.1 Å². The van der Waals surface area contributed by atoms with Crippen molar-refractivity contribution in [1.29, 1.82) is 5.26 Å². The molecule has 0 radical (unpaired) electrons. The zero-order valence-electron chi connectivity index (χ0n) is 10.3. The van der Waals surface area contributed by atoms with Gasteiger partial charge in [0.1, 0.15) is 11.8 Å². The summed E-state index contributed by atoms with van der Waals surface area (Å²) in [5.41, 5.74) is 1.57. The largest absolute Gasteiger partial charge is 0.453 e. The number of ether oxygens (including phenoxy) is 1. The summed E-state index contributed by atoms with van der Waals surface area (Å²) in [6.45, 7) is 0.724. The third-order valence-corrected chi connectivity index (χ3v) is 2.45. The molecule has 92 valence electrons.